The van der Waals surface area contributed by atoms with Crippen LogP contribution in [0.4, 0.5) is 0 Å². The van der Waals surface area contributed by atoms with Crippen LogP contribution in [-0.2, 0) is 4.74 Å². The van der Waals surface area contributed by atoms with Crippen LogP contribution >= 0.6 is 0 Å². The smallest absolute Gasteiger partial charge is 0.191 e. The Morgan fingerprint density at radius 2 is 2.12 bits per heavy atom. The number of hydrogen-bond acceptors (Lipinski definition) is 4. The van der Waals surface area contributed by atoms with Crippen molar-refractivity contribution in [3.8, 4) is 5.75 Å². The standard InChI is InChI=1S/C19H32N4O2/c1-19(11-8-12-25-19)14-22-18(20-2)21-13-16(23(3)4)15-9-6-7-10-17(15)24-5/h6-7,9-10,16H,8,11-14H2,1-5H3,(H2,20,21,22). The highest BCUT2D eigenvalue weighted by atomic mass is 16.5. The predicted octanol–water partition coefficient (Wildman–Crippen LogP) is 2.03. The molecule has 1 aliphatic heterocycles. The summed E-state index contributed by atoms with van der Waals surface area (Å²) < 4.78 is 11.3. The summed E-state index contributed by atoms with van der Waals surface area (Å²) in [5, 5.41) is 6.82. The first kappa shape index (κ1) is 19.5. The van der Waals surface area contributed by atoms with Crippen LogP contribution in [0.5, 0.6) is 5.75 Å². The third-order valence-electron chi connectivity index (χ3n) is 4.74. The average Bonchev–Trinajstić information content (AvgIpc) is 3.04. The normalized spacial score (nSPS) is 22.1. The zero-order valence-electron chi connectivity index (χ0n) is 16.1. The summed E-state index contributed by atoms with van der Waals surface area (Å²) in [6.07, 6.45) is 2.21. The molecule has 1 fully saturated rings. The number of nitrogens with zero attached hydrogens (tertiary/aromatic N) is 2. The van der Waals surface area contributed by atoms with Crippen molar-refractivity contribution in [3.63, 3.8) is 0 Å². The summed E-state index contributed by atoms with van der Waals surface area (Å²) in [5.41, 5.74) is 1.06. The SMILES string of the molecule is CN=C(NCC(c1ccccc1OC)N(C)C)NCC1(C)CCCO1. The van der Waals surface area contributed by atoms with Crippen molar-refractivity contribution in [2.75, 3.05) is 47.9 Å². The van der Waals surface area contributed by atoms with E-state index < -0.39 is 0 Å². The van der Waals surface area contributed by atoms with Crippen LogP contribution in [0.3, 0.4) is 0 Å². The maximum Gasteiger partial charge on any atom is 0.191 e. The molecule has 2 N–H and O–H groups in total. The largest absolute Gasteiger partial charge is 0.496 e. The van der Waals surface area contributed by atoms with Crippen LogP contribution in [0.15, 0.2) is 29.3 Å². The number of rotatable bonds is 7. The summed E-state index contributed by atoms with van der Waals surface area (Å²) in [4.78, 5) is 6.52. The summed E-state index contributed by atoms with van der Waals surface area (Å²) in [7, 11) is 7.65. The molecule has 0 aromatic heterocycles. The van der Waals surface area contributed by atoms with Crippen molar-refractivity contribution in [2.24, 2.45) is 4.99 Å². The lowest BCUT2D eigenvalue weighted by molar-refractivity contribution is 0.0242. The molecule has 1 aromatic carbocycles. The number of likely N-dealkylation sites (N-methyl/N-ethyl adjacent to an activating group) is 1. The van der Waals surface area contributed by atoms with E-state index in [9.17, 15) is 0 Å². The zero-order valence-corrected chi connectivity index (χ0v) is 16.1. The number of ether oxygens (including phenoxy) is 2. The first-order valence-corrected chi connectivity index (χ1v) is 8.87. The monoisotopic (exact) mass is 348 g/mol. The third-order valence-corrected chi connectivity index (χ3v) is 4.74. The van der Waals surface area contributed by atoms with Gasteiger partial charge in [0.15, 0.2) is 5.96 Å². The summed E-state index contributed by atoms with van der Waals surface area (Å²) >= 11 is 0. The minimum Gasteiger partial charge on any atom is -0.496 e. The van der Waals surface area contributed by atoms with Crippen molar-refractivity contribution >= 4 is 5.96 Å². The third kappa shape index (κ3) is 5.34. The van der Waals surface area contributed by atoms with E-state index in [0.29, 0.717) is 0 Å². The molecular formula is C19H32N4O2. The van der Waals surface area contributed by atoms with E-state index in [1.807, 2.05) is 18.2 Å². The van der Waals surface area contributed by atoms with Crippen LogP contribution in [0.25, 0.3) is 0 Å². The molecule has 6 nitrogen and oxygen atoms in total. The van der Waals surface area contributed by atoms with E-state index in [1.165, 1.54) is 0 Å². The van der Waals surface area contributed by atoms with Gasteiger partial charge in [0, 0.05) is 32.3 Å². The van der Waals surface area contributed by atoms with Crippen LogP contribution in [-0.4, -0.2) is 64.4 Å². The van der Waals surface area contributed by atoms with Crippen molar-refractivity contribution in [3.05, 3.63) is 29.8 Å². The highest BCUT2D eigenvalue weighted by molar-refractivity contribution is 5.79. The van der Waals surface area contributed by atoms with Gasteiger partial charge in [-0.1, -0.05) is 18.2 Å². The molecule has 0 spiro atoms. The van der Waals surface area contributed by atoms with Gasteiger partial charge in [-0.05, 0) is 39.9 Å². The first-order valence-electron chi connectivity index (χ1n) is 8.87. The van der Waals surface area contributed by atoms with Gasteiger partial charge in [0.2, 0.25) is 0 Å². The van der Waals surface area contributed by atoms with Gasteiger partial charge < -0.3 is 25.0 Å². The number of para-hydroxylation sites is 1. The molecule has 6 heteroatoms. The molecule has 1 aliphatic rings. The number of hydrogen-bond donors (Lipinski definition) is 2. The molecule has 0 amide bonds. The maximum absolute atomic E-state index is 5.83. The van der Waals surface area contributed by atoms with Crippen molar-refractivity contribution in [2.45, 2.75) is 31.4 Å². The Kier molecular flexibility index (Phi) is 7.08. The van der Waals surface area contributed by atoms with Gasteiger partial charge in [-0.3, -0.25) is 4.99 Å². The molecule has 2 rings (SSSR count). The van der Waals surface area contributed by atoms with E-state index in [-0.39, 0.29) is 11.6 Å². The zero-order chi connectivity index (χ0) is 18.3. The van der Waals surface area contributed by atoms with Gasteiger partial charge in [0.25, 0.3) is 0 Å². The number of benzene rings is 1. The van der Waals surface area contributed by atoms with E-state index in [1.54, 1.807) is 14.2 Å². The fraction of sp³-hybridized carbons (Fsp3) is 0.632. The van der Waals surface area contributed by atoms with Gasteiger partial charge in [-0.2, -0.15) is 0 Å². The summed E-state index contributed by atoms with van der Waals surface area (Å²) in [5.74, 6) is 1.69. The molecule has 140 valence electrons. The summed E-state index contributed by atoms with van der Waals surface area (Å²) in [6.45, 7) is 4.48. The number of nitrogens with one attached hydrogen (secondary N) is 2. The second kappa shape index (κ2) is 9.06. The Morgan fingerprint density at radius 1 is 1.36 bits per heavy atom. The molecule has 0 aliphatic carbocycles. The lowest BCUT2D eigenvalue weighted by Crippen LogP contribution is -2.47. The van der Waals surface area contributed by atoms with Gasteiger partial charge in [0.05, 0.1) is 18.8 Å². The lowest BCUT2D eigenvalue weighted by Gasteiger charge is -2.28. The predicted molar refractivity (Wildman–Crippen MR) is 102 cm³/mol. The van der Waals surface area contributed by atoms with Crippen molar-refractivity contribution < 1.29 is 9.47 Å². The lowest BCUT2D eigenvalue weighted by atomic mass is 10.0. The highest BCUT2D eigenvalue weighted by Crippen LogP contribution is 2.27. The second-order valence-electron chi connectivity index (χ2n) is 6.93. The van der Waals surface area contributed by atoms with Crippen LogP contribution in [0.1, 0.15) is 31.4 Å². The molecule has 0 bridgehead atoms. The van der Waals surface area contributed by atoms with Crippen molar-refractivity contribution in [1.29, 1.82) is 0 Å². The minimum absolute atomic E-state index is 0.0960. The fourth-order valence-corrected chi connectivity index (χ4v) is 3.17. The molecule has 1 aromatic rings. The minimum atomic E-state index is -0.0960. The Morgan fingerprint density at radius 3 is 2.72 bits per heavy atom. The maximum atomic E-state index is 5.83. The van der Waals surface area contributed by atoms with Gasteiger partial charge in [-0.25, -0.2) is 0 Å². The molecule has 2 atom stereocenters. The van der Waals surface area contributed by atoms with Crippen LogP contribution < -0.4 is 15.4 Å². The number of guanidine groups is 1. The van der Waals surface area contributed by atoms with Gasteiger partial charge in [0.1, 0.15) is 5.75 Å². The first-order chi connectivity index (χ1) is 12.0. The van der Waals surface area contributed by atoms with Crippen molar-refractivity contribution in [1.82, 2.24) is 15.5 Å². The van der Waals surface area contributed by atoms with Crippen LogP contribution in [0, 0.1) is 0 Å². The second-order valence-corrected chi connectivity index (χ2v) is 6.93. The molecule has 25 heavy (non-hydrogen) atoms. The molecule has 1 saturated heterocycles. The molecule has 0 radical (unpaired) electrons. The Bertz CT molecular complexity index is 568. The van der Waals surface area contributed by atoms with Gasteiger partial charge >= 0.3 is 0 Å². The Hall–Kier alpha value is -1.79. The van der Waals surface area contributed by atoms with Crippen LogP contribution in [0.2, 0.25) is 0 Å². The van der Waals surface area contributed by atoms with E-state index in [0.717, 1.165) is 49.8 Å². The molecule has 1 heterocycles. The Labute approximate surface area is 151 Å². The van der Waals surface area contributed by atoms with E-state index >= 15 is 0 Å². The van der Waals surface area contributed by atoms with Gasteiger partial charge in [-0.15, -0.1) is 0 Å². The number of aliphatic imine (C=N–C) groups is 1. The van der Waals surface area contributed by atoms with E-state index in [2.05, 4.69) is 47.6 Å². The summed E-state index contributed by atoms with van der Waals surface area (Å²) in [6, 6.07) is 8.31. The topological polar surface area (TPSA) is 58.1 Å². The molecule has 0 saturated carbocycles. The number of methoxy groups -OCH3 is 1. The quantitative estimate of drug-likeness (QED) is 0.583. The highest BCUT2D eigenvalue weighted by Gasteiger charge is 2.29. The molecular weight excluding hydrogens is 316 g/mol. The Balaban J connectivity index is 1.97. The van der Waals surface area contributed by atoms with E-state index in [4.69, 9.17) is 9.47 Å². The fourth-order valence-electron chi connectivity index (χ4n) is 3.17. The average molecular weight is 348 g/mol. The molecule has 2 unspecified atom stereocenters.